The molecular weight excluding hydrogens is 312 g/mol. The van der Waals surface area contributed by atoms with E-state index in [-0.39, 0.29) is 0 Å². The van der Waals surface area contributed by atoms with Crippen LogP contribution in [0.3, 0.4) is 0 Å². The maximum absolute atomic E-state index is 2.35. The fraction of sp³-hybridized carbons (Fsp3) is 0.231. The van der Waals surface area contributed by atoms with Gasteiger partial charge in [0.25, 0.3) is 0 Å². The van der Waals surface area contributed by atoms with Gasteiger partial charge in [-0.05, 0) is 64.3 Å². The Balaban J connectivity index is 1.54. The van der Waals surface area contributed by atoms with E-state index in [1.807, 2.05) is 0 Å². The van der Waals surface area contributed by atoms with E-state index in [0.717, 1.165) is 6.42 Å². The van der Waals surface area contributed by atoms with Gasteiger partial charge in [-0.1, -0.05) is 92.6 Å². The molecule has 0 heteroatoms. The van der Waals surface area contributed by atoms with Crippen molar-refractivity contribution in [3.8, 4) is 11.1 Å². The first-order valence-electron chi connectivity index (χ1n) is 9.82. The third-order valence-electron chi connectivity index (χ3n) is 5.36. The Morgan fingerprint density at radius 2 is 1.50 bits per heavy atom. The van der Waals surface area contributed by atoms with Crippen LogP contribution in [0.25, 0.3) is 22.8 Å². The molecule has 3 aromatic carbocycles. The molecular formula is C26H26. The summed E-state index contributed by atoms with van der Waals surface area (Å²) in [4.78, 5) is 0. The molecule has 1 aliphatic rings. The van der Waals surface area contributed by atoms with Gasteiger partial charge in [0.2, 0.25) is 0 Å². The first-order valence-corrected chi connectivity index (χ1v) is 9.82. The van der Waals surface area contributed by atoms with Crippen molar-refractivity contribution in [2.75, 3.05) is 0 Å². The monoisotopic (exact) mass is 338 g/mol. The van der Waals surface area contributed by atoms with Crippen molar-refractivity contribution in [3.05, 3.63) is 95.1 Å². The zero-order valence-electron chi connectivity index (χ0n) is 15.5. The van der Waals surface area contributed by atoms with Crippen LogP contribution in [0.15, 0.2) is 72.8 Å². The molecule has 0 N–H and O–H groups in total. The minimum absolute atomic E-state index is 1.04. The number of unbranched alkanes of at least 4 members (excludes halogenated alkanes) is 2. The number of rotatable bonds is 6. The van der Waals surface area contributed by atoms with Gasteiger partial charge >= 0.3 is 0 Å². The maximum atomic E-state index is 2.35. The lowest BCUT2D eigenvalue weighted by Gasteiger charge is -2.07. The minimum Gasteiger partial charge on any atom is -0.0654 e. The molecule has 130 valence electrons. The number of fused-ring (bicyclic) bond motifs is 1. The van der Waals surface area contributed by atoms with Crippen LogP contribution in [-0.2, 0) is 12.8 Å². The van der Waals surface area contributed by atoms with E-state index in [1.54, 1.807) is 0 Å². The highest BCUT2D eigenvalue weighted by Gasteiger charge is 2.14. The second kappa shape index (κ2) is 7.74. The summed E-state index contributed by atoms with van der Waals surface area (Å²) in [6.07, 6.45) is 8.49. The standard InChI is InChI=1S/C26H26/c1-2-3-5-8-20-11-13-22(14-12-20)23-15-16-24-18-25(19-26(24)17-23)21-9-6-4-7-10-21/h4,6-7,9-17,19H,2-3,5,8,18H2,1H3. The van der Waals surface area contributed by atoms with Crippen LogP contribution in [0.2, 0.25) is 0 Å². The van der Waals surface area contributed by atoms with Crippen molar-refractivity contribution in [1.29, 1.82) is 0 Å². The molecule has 0 fully saturated rings. The van der Waals surface area contributed by atoms with E-state index >= 15 is 0 Å². The highest BCUT2D eigenvalue weighted by molar-refractivity contribution is 5.89. The Bertz CT molecular complexity index is 899. The van der Waals surface area contributed by atoms with Crippen molar-refractivity contribution >= 4 is 11.6 Å². The molecule has 0 spiro atoms. The maximum Gasteiger partial charge on any atom is -0.00137 e. The van der Waals surface area contributed by atoms with Gasteiger partial charge in [-0.2, -0.15) is 0 Å². The van der Waals surface area contributed by atoms with Gasteiger partial charge in [0.1, 0.15) is 0 Å². The molecule has 0 radical (unpaired) electrons. The largest absolute Gasteiger partial charge is 0.0654 e. The molecule has 0 bridgehead atoms. The van der Waals surface area contributed by atoms with Crippen molar-refractivity contribution in [2.24, 2.45) is 0 Å². The lowest BCUT2D eigenvalue weighted by atomic mass is 9.98. The summed E-state index contributed by atoms with van der Waals surface area (Å²) in [5.74, 6) is 0. The zero-order chi connectivity index (χ0) is 17.8. The Kier molecular flexibility index (Phi) is 5.02. The van der Waals surface area contributed by atoms with Crippen molar-refractivity contribution in [3.63, 3.8) is 0 Å². The lowest BCUT2D eigenvalue weighted by molar-refractivity contribution is 0.717. The van der Waals surface area contributed by atoms with E-state index in [2.05, 4.69) is 85.8 Å². The van der Waals surface area contributed by atoms with Crippen LogP contribution in [-0.4, -0.2) is 0 Å². The average molecular weight is 338 g/mol. The predicted octanol–water partition coefficient (Wildman–Crippen LogP) is 7.18. The van der Waals surface area contributed by atoms with Crippen LogP contribution in [0, 0.1) is 0 Å². The third kappa shape index (κ3) is 3.65. The number of allylic oxidation sites excluding steroid dienone is 1. The zero-order valence-corrected chi connectivity index (χ0v) is 15.5. The first-order chi connectivity index (χ1) is 12.8. The molecule has 26 heavy (non-hydrogen) atoms. The molecule has 0 saturated carbocycles. The molecule has 0 nitrogen and oxygen atoms in total. The second-order valence-corrected chi connectivity index (χ2v) is 7.28. The predicted molar refractivity (Wildman–Crippen MR) is 113 cm³/mol. The molecule has 0 unspecified atom stereocenters. The van der Waals surface area contributed by atoms with Crippen LogP contribution in [0.5, 0.6) is 0 Å². The van der Waals surface area contributed by atoms with E-state index in [1.165, 1.54) is 64.6 Å². The summed E-state index contributed by atoms with van der Waals surface area (Å²) in [6, 6.07) is 26.8. The smallest absolute Gasteiger partial charge is 0.00137 e. The molecule has 0 saturated heterocycles. The van der Waals surface area contributed by atoms with Crippen LogP contribution < -0.4 is 0 Å². The van der Waals surface area contributed by atoms with Crippen LogP contribution >= 0.6 is 0 Å². The van der Waals surface area contributed by atoms with Crippen LogP contribution in [0.1, 0.15) is 48.4 Å². The number of aryl methyl sites for hydroxylation is 1. The van der Waals surface area contributed by atoms with Crippen molar-refractivity contribution < 1.29 is 0 Å². The quantitative estimate of drug-likeness (QED) is 0.417. The van der Waals surface area contributed by atoms with E-state index in [4.69, 9.17) is 0 Å². The number of hydrogen-bond donors (Lipinski definition) is 0. The highest BCUT2D eigenvalue weighted by Crippen LogP contribution is 2.34. The minimum atomic E-state index is 1.04. The van der Waals surface area contributed by atoms with Gasteiger partial charge in [0, 0.05) is 0 Å². The van der Waals surface area contributed by atoms with Gasteiger partial charge in [-0.15, -0.1) is 0 Å². The number of benzene rings is 3. The molecule has 0 heterocycles. The molecule has 4 rings (SSSR count). The molecule has 0 atom stereocenters. The van der Waals surface area contributed by atoms with Crippen molar-refractivity contribution in [2.45, 2.75) is 39.0 Å². The fourth-order valence-corrected chi connectivity index (χ4v) is 3.79. The fourth-order valence-electron chi connectivity index (χ4n) is 3.79. The number of hydrogen-bond acceptors (Lipinski definition) is 0. The Hall–Kier alpha value is -2.60. The molecule has 0 aliphatic heterocycles. The Morgan fingerprint density at radius 3 is 2.27 bits per heavy atom. The molecule has 1 aliphatic carbocycles. The molecule has 0 aromatic heterocycles. The summed E-state index contributed by atoms with van der Waals surface area (Å²) >= 11 is 0. The summed E-state index contributed by atoms with van der Waals surface area (Å²) in [6.45, 7) is 2.26. The lowest BCUT2D eigenvalue weighted by Crippen LogP contribution is -1.88. The summed E-state index contributed by atoms with van der Waals surface area (Å²) in [5.41, 5.74) is 9.64. The highest BCUT2D eigenvalue weighted by atomic mass is 14.2. The van der Waals surface area contributed by atoms with Crippen LogP contribution in [0.4, 0.5) is 0 Å². The van der Waals surface area contributed by atoms with Gasteiger partial charge in [-0.3, -0.25) is 0 Å². The van der Waals surface area contributed by atoms with Gasteiger partial charge in [0.05, 0.1) is 0 Å². The summed E-state index contributed by atoms with van der Waals surface area (Å²) < 4.78 is 0. The summed E-state index contributed by atoms with van der Waals surface area (Å²) in [7, 11) is 0. The van der Waals surface area contributed by atoms with E-state index < -0.39 is 0 Å². The topological polar surface area (TPSA) is 0 Å². The van der Waals surface area contributed by atoms with Gasteiger partial charge in [0.15, 0.2) is 0 Å². The third-order valence-corrected chi connectivity index (χ3v) is 5.36. The van der Waals surface area contributed by atoms with E-state index in [9.17, 15) is 0 Å². The van der Waals surface area contributed by atoms with E-state index in [0.29, 0.717) is 0 Å². The van der Waals surface area contributed by atoms with Crippen molar-refractivity contribution in [1.82, 2.24) is 0 Å². The normalized spacial score (nSPS) is 12.7. The Morgan fingerprint density at radius 1 is 0.731 bits per heavy atom. The van der Waals surface area contributed by atoms with Gasteiger partial charge < -0.3 is 0 Å². The first kappa shape index (κ1) is 16.8. The SMILES string of the molecule is CCCCCc1ccc(-c2ccc3c(c2)C=C(c2ccccc2)C3)cc1. The summed E-state index contributed by atoms with van der Waals surface area (Å²) in [5, 5.41) is 0. The average Bonchev–Trinajstić information content (AvgIpc) is 3.13. The molecule has 3 aromatic rings. The molecule has 0 amide bonds. The Labute approximate surface area is 157 Å². The second-order valence-electron chi connectivity index (χ2n) is 7.28. The van der Waals surface area contributed by atoms with Gasteiger partial charge in [-0.25, -0.2) is 0 Å².